The predicted octanol–water partition coefficient (Wildman–Crippen LogP) is 4.71. The Hall–Kier alpha value is -0.800. The van der Waals surface area contributed by atoms with E-state index in [1.807, 2.05) is 12.1 Å². The number of aromatic nitrogens is 2. The number of aromatic amines is 1. The van der Waals surface area contributed by atoms with Crippen LogP contribution in [0.1, 0.15) is 32.2 Å². The highest BCUT2D eigenvalue weighted by Crippen LogP contribution is 2.37. The number of imidazole rings is 1. The van der Waals surface area contributed by atoms with E-state index in [1.165, 1.54) is 19.3 Å². The number of nitrogens with zero attached hydrogens (tertiary/aromatic N) is 1. The molecule has 1 fully saturated rings. The number of halogens is 1. The smallest absolute Gasteiger partial charge is 0.178 e. The van der Waals surface area contributed by atoms with E-state index in [-0.39, 0.29) is 0 Å². The summed E-state index contributed by atoms with van der Waals surface area (Å²) >= 11 is 11.6. The first kappa shape index (κ1) is 11.3. The highest BCUT2D eigenvalue weighted by atomic mass is 35.5. The van der Waals surface area contributed by atoms with Crippen molar-refractivity contribution in [2.75, 3.05) is 0 Å². The van der Waals surface area contributed by atoms with E-state index < -0.39 is 0 Å². The first-order valence-corrected chi connectivity index (χ1v) is 6.84. The van der Waals surface area contributed by atoms with Crippen molar-refractivity contribution in [1.29, 1.82) is 0 Å². The second kappa shape index (κ2) is 4.14. The van der Waals surface area contributed by atoms with Crippen LogP contribution >= 0.6 is 23.8 Å². The molecule has 0 radical (unpaired) electrons. The van der Waals surface area contributed by atoms with Crippen LogP contribution in [0.2, 0.25) is 5.02 Å². The van der Waals surface area contributed by atoms with E-state index in [0.717, 1.165) is 26.7 Å². The predicted molar refractivity (Wildman–Crippen MR) is 74.2 cm³/mol. The Kier molecular flexibility index (Phi) is 2.75. The summed E-state index contributed by atoms with van der Waals surface area (Å²) in [5, 5.41) is 0.749. The Morgan fingerprint density at radius 3 is 2.94 bits per heavy atom. The Morgan fingerprint density at radius 1 is 1.41 bits per heavy atom. The molecule has 1 aliphatic carbocycles. The zero-order chi connectivity index (χ0) is 12.0. The lowest BCUT2D eigenvalue weighted by molar-refractivity contribution is 0.500. The number of fused-ring (bicyclic) bond motifs is 1. The molecule has 0 bridgehead atoms. The van der Waals surface area contributed by atoms with Crippen molar-refractivity contribution in [2.24, 2.45) is 5.92 Å². The zero-order valence-corrected chi connectivity index (χ0v) is 11.3. The van der Waals surface area contributed by atoms with Crippen molar-refractivity contribution in [3.63, 3.8) is 0 Å². The van der Waals surface area contributed by atoms with Gasteiger partial charge in [-0.2, -0.15) is 0 Å². The molecule has 3 rings (SSSR count). The van der Waals surface area contributed by atoms with Crippen molar-refractivity contribution >= 4 is 34.9 Å². The van der Waals surface area contributed by atoms with Gasteiger partial charge in [0.25, 0.3) is 0 Å². The van der Waals surface area contributed by atoms with Gasteiger partial charge in [-0.3, -0.25) is 0 Å². The molecule has 0 aliphatic heterocycles. The lowest BCUT2D eigenvalue weighted by Crippen LogP contribution is -2.05. The third-order valence-electron chi connectivity index (χ3n) is 3.73. The van der Waals surface area contributed by atoms with E-state index >= 15 is 0 Å². The molecule has 1 saturated carbocycles. The maximum Gasteiger partial charge on any atom is 0.178 e. The molecule has 1 heterocycles. The van der Waals surface area contributed by atoms with E-state index in [9.17, 15) is 0 Å². The minimum Gasteiger partial charge on any atom is -0.329 e. The summed E-state index contributed by atoms with van der Waals surface area (Å²) in [4.78, 5) is 3.23. The van der Waals surface area contributed by atoms with Gasteiger partial charge in [-0.25, -0.2) is 0 Å². The molecule has 0 amide bonds. The van der Waals surface area contributed by atoms with Crippen molar-refractivity contribution in [1.82, 2.24) is 9.55 Å². The molecule has 1 aliphatic rings. The maximum atomic E-state index is 6.19. The van der Waals surface area contributed by atoms with Crippen LogP contribution in [0.15, 0.2) is 18.2 Å². The highest BCUT2D eigenvalue weighted by molar-refractivity contribution is 7.71. The number of benzene rings is 1. The van der Waals surface area contributed by atoms with Crippen molar-refractivity contribution in [2.45, 2.75) is 32.2 Å². The molecule has 2 unspecified atom stereocenters. The molecule has 1 N–H and O–H groups in total. The Balaban J connectivity index is 2.19. The zero-order valence-electron chi connectivity index (χ0n) is 9.74. The Labute approximate surface area is 111 Å². The van der Waals surface area contributed by atoms with Gasteiger partial charge in [-0.15, -0.1) is 0 Å². The molecule has 0 saturated heterocycles. The third kappa shape index (κ3) is 1.81. The monoisotopic (exact) mass is 266 g/mol. The van der Waals surface area contributed by atoms with E-state index in [2.05, 4.69) is 22.5 Å². The molecule has 17 heavy (non-hydrogen) atoms. The standard InChI is InChI=1S/C13H15ClN2S/c1-8-5-6-9(7-8)16-11-4-2-3-10(14)12(11)15-13(16)17/h2-4,8-9H,5-7H2,1H3,(H,15,17). The summed E-state index contributed by atoms with van der Waals surface area (Å²) in [7, 11) is 0. The van der Waals surface area contributed by atoms with Crippen LogP contribution in [0, 0.1) is 10.7 Å². The molecule has 1 aromatic carbocycles. The molecular formula is C13H15ClN2S. The first-order valence-electron chi connectivity index (χ1n) is 6.05. The number of H-pyrrole nitrogens is 1. The van der Waals surface area contributed by atoms with Crippen LogP contribution in [0.25, 0.3) is 11.0 Å². The molecule has 2 aromatic rings. The lowest BCUT2D eigenvalue weighted by atomic mass is 10.1. The second-order valence-corrected chi connectivity index (χ2v) is 5.80. The average Bonchev–Trinajstić information content (AvgIpc) is 2.82. The van der Waals surface area contributed by atoms with Crippen molar-refractivity contribution in [3.05, 3.63) is 28.0 Å². The van der Waals surface area contributed by atoms with Crippen molar-refractivity contribution in [3.8, 4) is 0 Å². The van der Waals surface area contributed by atoms with Crippen LogP contribution in [-0.4, -0.2) is 9.55 Å². The van der Waals surface area contributed by atoms with Gasteiger partial charge in [0.2, 0.25) is 0 Å². The Morgan fingerprint density at radius 2 is 2.24 bits per heavy atom. The SMILES string of the molecule is CC1CCC(n2c(=S)[nH]c3c(Cl)cccc32)C1. The fourth-order valence-corrected chi connectivity index (χ4v) is 3.45. The number of hydrogen-bond acceptors (Lipinski definition) is 1. The number of rotatable bonds is 1. The van der Waals surface area contributed by atoms with Gasteiger partial charge in [0.05, 0.1) is 16.1 Å². The van der Waals surface area contributed by atoms with Gasteiger partial charge in [-0.05, 0) is 49.5 Å². The highest BCUT2D eigenvalue weighted by Gasteiger charge is 2.24. The van der Waals surface area contributed by atoms with Crippen LogP contribution in [0.3, 0.4) is 0 Å². The number of nitrogens with one attached hydrogen (secondary N) is 1. The van der Waals surface area contributed by atoms with E-state index in [1.54, 1.807) is 0 Å². The minimum atomic E-state index is 0.532. The van der Waals surface area contributed by atoms with E-state index in [4.69, 9.17) is 23.8 Å². The summed E-state index contributed by atoms with van der Waals surface area (Å²) in [5.74, 6) is 0.797. The van der Waals surface area contributed by atoms with Gasteiger partial charge in [0, 0.05) is 6.04 Å². The maximum absolute atomic E-state index is 6.19. The molecule has 90 valence electrons. The van der Waals surface area contributed by atoms with Gasteiger partial charge < -0.3 is 9.55 Å². The third-order valence-corrected chi connectivity index (χ3v) is 4.35. The van der Waals surface area contributed by atoms with Gasteiger partial charge >= 0.3 is 0 Å². The molecule has 4 heteroatoms. The number of hydrogen-bond donors (Lipinski definition) is 1. The van der Waals surface area contributed by atoms with E-state index in [0.29, 0.717) is 6.04 Å². The topological polar surface area (TPSA) is 20.7 Å². The summed E-state index contributed by atoms with van der Waals surface area (Å²) < 4.78 is 3.05. The largest absolute Gasteiger partial charge is 0.329 e. The summed E-state index contributed by atoms with van der Waals surface area (Å²) in [6.07, 6.45) is 3.72. The van der Waals surface area contributed by atoms with Gasteiger partial charge in [0.15, 0.2) is 4.77 Å². The fraction of sp³-hybridized carbons (Fsp3) is 0.462. The lowest BCUT2D eigenvalue weighted by Gasteiger charge is -2.13. The second-order valence-electron chi connectivity index (χ2n) is 5.01. The first-order chi connectivity index (χ1) is 8.16. The van der Waals surface area contributed by atoms with Crippen LogP contribution in [0.4, 0.5) is 0 Å². The van der Waals surface area contributed by atoms with Crippen LogP contribution < -0.4 is 0 Å². The summed E-state index contributed by atoms with van der Waals surface area (Å²) in [5.41, 5.74) is 2.11. The fourth-order valence-electron chi connectivity index (χ4n) is 2.89. The van der Waals surface area contributed by atoms with Crippen LogP contribution in [-0.2, 0) is 0 Å². The van der Waals surface area contributed by atoms with Crippen LogP contribution in [0.5, 0.6) is 0 Å². The number of para-hydroxylation sites is 1. The normalized spacial score (nSPS) is 24.6. The summed E-state index contributed by atoms with van der Waals surface area (Å²) in [6, 6.07) is 6.51. The molecule has 0 spiro atoms. The minimum absolute atomic E-state index is 0.532. The molecule has 2 atom stereocenters. The quantitative estimate of drug-likeness (QED) is 0.741. The molecule has 2 nitrogen and oxygen atoms in total. The van der Waals surface area contributed by atoms with Crippen molar-refractivity contribution < 1.29 is 0 Å². The van der Waals surface area contributed by atoms with Gasteiger partial charge in [0.1, 0.15) is 0 Å². The molecular weight excluding hydrogens is 252 g/mol. The molecule has 1 aromatic heterocycles. The Bertz CT molecular complexity index is 613. The summed E-state index contributed by atoms with van der Waals surface area (Å²) in [6.45, 7) is 2.31. The van der Waals surface area contributed by atoms with Gasteiger partial charge in [-0.1, -0.05) is 24.6 Å². The average molecular weight is 267 g/mol.